The van der Waals surface area contributed by atoms with Crippen LogP contribution >= 0.6 is 0 Å². The first-order valence-electron chi connectivity index (χ1n) is 8.79. The summed E-state index contributed by atoms with van der Waals surface area (Å²) >= 11 is 0. The van der Waals surface area contributed by atoms with E-state index in [1.165, 1.54) is 22.5 Å². The van der Waals surface area contributed by atoms with Gasteiger partial charge in [0.1, 0.15) is 0 Å². The van der Waals surface area contributed by atoms with Crippen molar-refractivity contribution < 1.29 is 0 Å². The van der Waals surface area contributed by atoms with Gasteiger partial charge in [-0.2, -0.15) is 0 Å². The SMILES string of the molecule is C=Cc1cc(CC(C)C)c(N2CCN(C)C2)cc1N(C)C(C)C. The van der Waals surface area contributed by atoms with Crippen LogP contribution in [0.15, 0.2) is 18.7 Å². The van der Waals surface area contributed by atoms with E-state index in [1.807, 2.05) is 6.08 Å². The second-order valence-electron chi connectivity index (χ2n) is 7.53. The highest BCUT2D eigenvalue weighted by molar-refractivity contribution is 5.75. The van der Waals surface area contributed by atoms with Crippen molar-refractivity contribution in [1.29, 1.82) is 0 Å². The average molecular weight is 316 g/mol. The Morgan fingerprint density at radius 1 is 1.22 bits per heavy atom. The number of nitrogens with zero attached hydrogens (tertiary/aromatic N) is 3. The third-order valence-corrected chi connectivity index (χ3v) is 4.74. The van der Waals surface area contributed by atoms with Crippen LogP contribution in [0.4, 0.5) is 11.4 Å². The summed E-state index contributed by atoms with van der Waals surface area (Å²) in [7, 11) is 4.37. The number of rotatable bonds is 6. The molecule has 0 bridgehead atoms. The van der Waals surface area contributed by atoms with E-state index in [-0.39, 0.29) is 0 Å². The highest BCUT2D eigenvalue weighted by Gasteiger charge is 2.22. The Morgan fingerprint density at radius 3 is 2.39 bits per heavy atom. The molecular formula is C20H33N3. The first-order chi connectivity index (χ1) is 10.8. The molecule has 1 aliphatic heterocycles. The standard InChI is InChI=1S/C20H33N3/c1-8-17-12-18(11-15(2)3)20(23-10-9-21(6)14-23)13-19(17)22(7)16(4)5/h8,12-13,15-16H,1,9-11,14H2,2-7H3. The second kappa shape index (κ2) is 7.39. The first kappa shape index (κ1) is 17.9. The van der Waals surface area contributed by atoms with Crippen molar-refractivity contribution in [3.05, 3.63) is 29.8 Å². The monoisotopic (exact) mass is 315 g/mol. The Bertz CT molecular complexity index is 548. The van der Waals surface area contributed by atoms with Crippen LogP contribution in [0.25, 0.3) is 6.08 Å². The molecule has 0 N–H and O–H groups in total. The molecule has 1 aromatic carbocycles. The summed E-state index contributed by atoms with van der Waals surface area (Å²) in [5, 5.41) is 0. The lowest BCUT2D eigenvalue weighted by Crippen LogP contribution is -2.28. The van der Waals surface area contributed by atoms with Gasteiger partial charge in [0, 0.05) is 37.6 Å². The summed E-state index contributed by atoms with van der Waals surface area (Å²) in [6, 6.07) is 5.21. The van der Waals surface area contributed by atoms with E-state index in [0.29, 0.717) is 12.0 Å². The molecule has 128 valence electrons. The van der Waals surface area contributed by atoms with Gasteiger partial charge in [-0.05, 0) is 56.5 Å². The molecule has 23 heavy (non-hydrogen) atoms. The number of benzene rings is 1. The molecule has 1 saturated heterocycles. The van der Waals surface area contributed by atoms with Crippen molar-refractivity contribution in [1.82, 2.24) is 4.90 Å². The highest BCUT2D eigenvalue weighted by Crippen LogP contribution is 2.34. The molecule has 0 aromatic heterocycles. The maximum atomic E-state index is 4.04. The maximum absolute atomic E-state index is 4.04. The largest absolute Gasteiger partial charge is 0.372 e. The number of hydrogen-bond acceptors (Lipinski definition) is 3. The predicted octanol–water partition coefficient (Wildman–Crippen LogP) is 4.08. The van der Waals surface area contributed by atoms with Gasteiger partial charge in [0.25, 0.3) is 0 Å². The lowest BCUT2D eigenvalue weighted by molar-refractivity contribution is 0.421. The van der Waals surface area contributed by atoms with E-state index in [0.717, 1.165) is 26.2 Å². The van der Waals surface area contributed by atoms with E-state index in [1.54, 1.807) is 0 Å². The van der Waals surface area contributed by atoms with Gasteiger partial charge in [0.05, 0.1) is 6.67 Å². The van der Waals surface area contributed by atoms with E-state index in [2.05, 4.69) is 75.2 Å². The third-order valence-electron chi connectivity index (χ3n) is 4.74. The lowest BCUT2D eigenvalue weighted by Gasteiger charge is -2.30. The van der Waals surface area contributed by atoms with Crippen molar-refractivity contribution in [2.24, 2.45) is 5.92 Å². The normalized spacial score (nSPS) is 15.7. The van der Waals surface area contributed by atoms with Gasteiger partial charge in [-0.25, -0.2) is 0 Å². The first-order valence-corrected chi connectivity index (χ1v) is 8.79. The molecule has 0 unspecified atom stereocenters. The predicted molar refractivity (Wildman–Crippen MR) is 103 cm³/mol. The molecule has 1 aromatic rings. The van der Waals surface area contributed by atoms with Crippen molar-refractivity contribution in [2.45, 2.75) is 40.2 Å². The summed E-state index contributed by atoms with van der Waals surface area (Å²) < 4.78 is 0. The molecule has 0 spiro atoms. The van der Waals surface area contributed by atoms with Crippen molar-refractivity contribution in [3.8, 4) is 0 Å². The van der Waals surface area contributed by atoms with Crippen molar-refractivity contribution >= 4 is 17.5 Å². The summed E-state index contributed by atoms with van der Waals surface area (Å²) in [5.41, 5.74) is 5.38. The summed E-state index contributed by atoms with van der Waals surface area (Å²) in [6.07, 6.45) is 3.11. The summed E-state index contributed by atoms with van der Waals surface area (Å²) in [6.45, 7) is 16.4. The van der Waals surface area contributed by atoms with Crippen LogP contribution in [0, 0.1) is 5.92 Å². The number of hydrogen-bond donors (Lipinski definition) is 0. The van der Waals surface area contributed by atoms with Crippen LogP contribution in [0.1, 0.15) is 38.8 Å². The smallest absolute Gasteiger partial charge is 0.0705 e. The summed E-state index contributed by atoms with van der Waals surface area (Å²) in [4.78, 5) is 7.24. The van der Waals surface area contributed by atoms with Crippen LogP contribution < -0.4 is 9.80 Å². The van der Waals surface area contributed by atoms with Gasteiger partial charge in [0.15, 0.2) is 0 Å². The molecular weight excluding hydrogens is 282 g/mol. The van der Waals surface area contributed by atoms with Crippen molar-refractivity contribution in [2.75, 3.05) is 43.7 Å². The van der Waals surface area contributed by atoms with Gasteiger partial charge < -0.3 is 9.80 Å². The average Bonchev–Trinajstić information content (AvgIpc) is 2.91. The molecule has 0 saturated carbocycles. The molecule has 1 fully saturated rings. The number of anilines is 2. The number of likely N-dealkylation sites (N-methyl/N-ethyl adjacent to an activating group) is 1. The molecule has 0 atom stereocenters. The Balaban J connectivity index is 2.50. The molecule has 3 nitrogen and oxygen atoms in total. The fourth-order valence-corrected chi connectivity index (χ4v) is 3.21. The van der Waals surface area contributed by atoms with Gasteiger partial charge >= 0.3 is 0 Å². The van der Waals surface area contributed by atoms with Crippen LogP contribution in [0.2, 0.25) is 0 Å². The van der Waals surface area contributed by atoms with E-state index in [9.17, 15) is 0 Å². The lowest BCUT2D eigenvalue weighted by atomic mass is 9.96. The van der Waals surface area contributed by atoms with Gasteiger partial charge in [-0.3, -0.25) is 4.90 Å². The topological polar surface area (TPSA) is 9.72 Å². The minimum absolute atomic E-state index is 0.471. The molecule has 1 aliphatic rings. The Kier molecular flexibility index (Phi) is 5.74. The van der Waals surface area contributed by atoms with Gasteiger partial charge in [-0.1, -0.05) is 26.5 Å². The minimum atomic E-state index is 0.471. The van der Waals surface area contributed by atoms with Crippen LogP contribution in [0.3, 0.4) is 0 Å². The van der Waals surface area contributed by atoms with Crippen molar-refractivity contribution in [3.63, 3.8) is 0 Å². The molecule has 2 rings (SSSR count). The van der Waals surface area contributed by atoms with E-state index >= 15 is 0 Å². The van der Waals surface area contributed by atoms with Crippen LogP contribution in [-0.4, -0.2) is 44.8 Å². The van der Waals surface area contributed by atoms with E-state index in [4.69, 9.17) is 0 Å². The zero-order chi connectivity index (χ0) is 17.1. The molecule has 1 heterocycles. The van der Waals surface area contributed by atoms with Gasteiger partial charge in [0.2, 0.25) is 0 Å². The zero-order valence-corrected chi connectivity index (χ0v) is 15.8. The van der Waals surface area contributed by atoms with Gasteiger partial charge in [-0.15, -0.1) is 0 Å². The minimum Gasteiger partial charge on any atom is -0.372 e. The Hall–Kier alpha value is -1.48. The molecule has 3 heteroatoms. The highest BCUT2D eigenvalue weighted by atomic mass is 15.4. The fourth-order valence-electron chi connectivity index (χ4n) is 3.21. The quantitative estimate of drug-likeness (QED) is 0.783. The molecule has 0 amide bonds. The third kappa shape index (κ3) is 4.08. The Morgan fingerprint density at radius 2 is 1.91 bits per heavy atom. The zero-order valence-electron chi connectivity index (χ0n) is 15.8. The van der Waals surface area contributed by atoms with E-state index < -0.39 is 0 Å². The fraction of sp³-hybridized carbons (Fsp3) is 0.600. The van der Waals surface area contributed by atoms with Crippen LogP contribution in [0.5, 0.6) is 0 Å². The molecule has 0 radical (unpaired) electrons. The summed E-state index contributed by atoms with van der Waals surface area (Å²) in [5.74, 6) is 0.653. The Labute approximate surface area is 142 Å². The maximum Gasteiger partial charge on any atom is 0.0705 e. The molecule has 0 aliphatic carbocycles. The van der Waals surface area contributed by atoms with Crippen LogP contribution in [-0.2, 0) is 6.42 Å². The second-order valence-corrected chi connectivity index (χ2v) is 7.53.